The second kappa shape index (κ2) is 5.80. The number of anilines is 2. The van der Waals surface area contributed by atoms with Crippen LogP contribution in [-0.2, 0) is 16.0 Å². The normalized spacial score (nSPS) is 13.9. The van der Waals surface area contributed by atoms with Gasteiger partial charge in [0, 0.05) is 6.42 Å². The van der Waals surface area contributed by atoms with E-state index in [1.807, 2.05) is 0 Å². The van der Waals surface area contributed by atoms with Crippen LogP contribution < -0.4 is 10.2 Å². The predicted molar refractivity (Wildman–Crippen MR) is 80.3 cm³/mol. The molecule has 0 saturated heterocycles. The average molecular weight is 320 g/mol. The van der Waals surface area contributed by atoms with Gasteiger partial charge in [-0.05, 0) is 25.0 Å². The van der Waals surface area contributed by atoms with E-state index in [2.05, 4.69) is 15.5 Å². The molecule has 0 saturated carbocycles. The predicted octanol–water partition coefficient (Wildman–Crippen LogP) is 1.90. The molecular formula is C14H13FN4O2S. The molecule has 0 bridgehead atoms. The van der Waals surface area contributed by atoms with Gasteiger partial charge in [-0.3, -0.25) is 19.8 Å². The van der Waals surface area contributed by atoms with Crippen LogP contribution in [0.1, 0.15) is 17.0 Å². The van der Waals surface area contributed by atoms with Gasteiger partial charge in [-0.15, -0.1) is 10.2 Å². The zero-order valence-corrected chi connectivity index (χ0v) is 12.6. The van der Waals surface area contributed by atoms with Crippen LogP contribution in [0.2, 0.25) is 0 Å². The molecule has 1 N–H and O–H groups in total. The average Bonchev–Trinajstić information content (AvgIpc) is 2.87. The lowest BCUT2D eigenvalue weighted by atomic mass is 10.0. The maximum Gasteiger partial charge on any atom is 0.246 e. The van der Waals surface area contributed by atoms with Crippen molar-refractivity contribution in [1.29, 1.82) is 0 Å². The van der Waals surface area contributed by atoms with Crippen LogP contribution in [0, 0.1) is 12.7 Å². The Hall–Kier alpha value is -2.35. The number of halogens is 1. The van der Waals surface area contributed by atoms with Crippen molar-refractivity contribution in [2.45, 2.75) is 19.8 Å². The number of carbonyl (C=O) groups is 2. The Morgan fingerprint density at radius 3 is 2.95 bits per heavy atom. The van der Waals surface area contributed by atoms with Crippen molar-refractivity contribution >= 4 is 34.0 Å². The molecular weight excluding hydrogens is 307 g/mol. The summed E-state index contributed by atoms with van der Waals surface area (Å²) in [7, 11) is 0. The smallest absolute Gasteiger partial charge is 0.246 e. The monoisotopic (exact) mass is 320 g/mol. The van der Waals surface area contributed by atoms with Crippen LogP contribution >= 0.6 is 11.3 Å². The van der Waals surface area contributed by atoms with Crippen LogP contribution in [0.5, 0.6) is 0 Å². The third kappa shape index (κ3) is 2.82. The summed E-state index contributed by atoms with van der Waals surface area (Å²) in [5.74, 6) is -1.19. The highest BCUT2D eigenvalue weighted by molar-refractivity contribution is 7.15. The topological polar surface area (TPSA) is 75.2 Å². The summed E-state index contributed by atoms with van der Waals surface area (Å²) in [6.07, 6.45) is 0.751. The molecule has 0 spiro atoms. The number of amides is 2. The Morgan fingerprint density at radius 2 is 2.23 bits per heavy atom. The Bertz CT molecular complexity index is 746. The van der Waals surface area contributed by atoms with Crippen molar-refractivity contribution < 1.29 is 14.0 Å². The fraction of sp³-hybridized carbons (Fsp3) is 0.286. The fourth-order valence-electron chi connectivity index (χ4n) is 2.38. The number of hydrogen-bond donors (Lipinski definition) is 1. The summed E-state index contributed by atoms with van der Waals surface area (Å²) >= 11 is 1.24. The van der Waals surface area contributed by atoms with Crippen LogP contribution in [0.4, 0.5) is 15.2 Å². The van der Waals surface area contributed by atoms with Crippen LogP contribution in [0.25, 0.3) is 0 Å². The van der Waals surface area contributed by atoms with Crippen molar-refractivity contribution in [3.8, 4) is 0 Å². The van der Waals surface area contributed by atoms with Crippen molar-refractivity contribution in [3.05, 3.63) is 34.6 Å². The van der Waals surface area contributed by atoms with Crippen LogP contribution in [0.15, 0.2) is 18.2 Å². The minimum absolute atomic E-state index is 0.197. The highest BCUT2D eigenvalue weighted by atomic mass is 32.1. The lowest BCUT2D eigenvalue weighted by molar-refractivity contribution is -0.121. The van der Waals surface area contributed by atoms with E-state index in [-0.39, 0.29) is 24.6 Å². The molecule has 22 heavy (non-hydrogen) atoms. The molecule has 0 unspecified atom stereocenters. The van der Waals surface area contributed by atoms with E-state index < -0.39 is 11.7 Å². The summed E-state index contributed by atoms with van der Waals surface area (Å²) < 4.78 is 14.0. The molecule has 2 amide bonds. The van der Waals surface area contributed by atoms with E-state index in [0.717, 1.165) is 10.6 Å². The molecule has 0 aliphatic carbocycles. The number of rotatable bonds is 3. The van der Waals surface area contributed by atoms with Gasteiger partial charge in [-0.1, -0.05) is 23.5 Å². The van der Waals surface area contributed by atoms with Gasteiger partial charge in [-0.2, -0.15) is 0 Å². The summed E-state index contributed by atoms with van der Waals surface area (Å²) in [6, 6.07) is 4.66. The van der Waals surface area contributed by atoms with Gasteiger partial charge in [0.2, 0.25) is 16.9 Å². The summed E-state index contributed by atoms with van der Waals surface area (Å²) in [4.78, 5) is 25.3. The first-order valence-corrected chi connectivity index (χ1v) is 7.54. The molecule has 1 aliphatic rings. The molecule has 8 heteroatoms. The molecule has 1 aromatic heterocycles. The number of aryl methyl sites for hydroxylation is 2. The number of aromatic nitrogens is 2. The molecule has 0 radical (unpaired) electrons. The number of nitrogens with one attached hydrogen (secondary N) is 1. The van der Waals surface area contributed by atoms with Crippen LogP contribution in [0.3, 0.4) is 0 Å². The maximum absolute atomic E-state index is 14.0. The van der Waals surface area contributed by atoms with Crippen molar-refractivity contribution in [1.82, 2.24) is 10.2 Å². The lowest BCUT2D eigenvalue weighted by Gasteiger charge is -2.29. The number of para-hydroxylation sites is 1. The third-order valence-electron chi connectivity index (χ3n) is 3.32. The first-order valence-electron chi connectivity index (χ1n) is 6.72. The highest BCUT2D eigenvalue weighted by Crippen LogP contribution is 2.30. The number of benzene rings is 1. The molecule has 1 aliphatic heterocycles. The van der Waals surface area contributed by atoms with E-state index in [1.165, 1.54) is 22.3 Å². The van der Waals surface area contributed by atoms with E-state index >= 15 is 0 Å². The SMILES string of the molecule is Cc1nnc(NC(=O)CN2C(=O)CCc3cccc(F)c32)s1. The molecule has 0 fully saturated rings. The van der Waals surface area contributed by atoms with Crippen LogP contribution in [-0.4, -0.2) is 28.6 Å². The molecule has 3 rings (SSSR count). The van der Waals surface area contributed by atoms with Gasteiger partial charge in [0.25, 0.3) is 0 Å². The molecule has 0 atom stereocenters. The quantitative estimate of drug-likeness (QED) is 0.937. The minimum Gasteiger partial charge on any atom is -0.300 e. The van der Waals surface area contributed by atoms with Gasteiger partial charge >= 0.3 is 0 Å². The van der Waals surface area contributed by atoms with E-state index in [0.29, 0.717) is 11.6 Å². The third-order valence-corrected chi connectivity index (χ3v) is 4.08. The molecule has 2 aromatic rings. The largest absolute Gasteiger partial charge is 0.300 e. The summed E-state index contributed by atoms with van der Waals surface area (Å²) in [6.45, 7) is 1.53. The first kappa shape index (κ1) is 14.6. The molecule has 114 valence electrons. The van der Waals surface area contributed by atoms with Gasteiger partial charge in [0.1, 0.15) is 17.4 Å². The van der Waals surface area contributed by atoms with Crippen molar-refractivity contribution in [2.75, 3.05) is 16.8 Å². The number of nitrogens with zero attached hydrogens (tertiary/aromatic N) is 3. The van der Waals surface area contributed by atoms with Gasteiger partial charge in [-0.25, -0.2) is 4.39 Å². The summed E-state index contributed by atoms with van der Waals surface area (Å²) in [5, 5.41) is 11.2. The number of fused-ring (bicyclic) bond motifs is 1. The van der Waals surface area contributed by atoms with Crippen molar-refractivity contribution in [3.63, 3.8) is 0 Å². The Balaban J connectivity index is 1.80. The number of hydrogen-bond acceptors (Lipinski definition) is 5. The standard InChI is InChI=1S/C14H13FN4O2S/c1-8-17-18-14(22-8)16-11(20)7-19-12(21)6-5-9-3-2-4-10(15)13(9)19/h2-4H,5-7H2,1H3,(H,16,18,20). The Labute approximate surface area is 130 Å². The second-order valence-electron chi connectivity index (χ2n) is 4.90. The number of carbonyl (C=O) groups excluding carboxylic acids is 2. The first-order chi connectivity index (χ1) is 10.5. The zero-order valence-electron chi connectivity index (χ0n) is 11.8. The van der Waals surface area contributed by atoms with E-state index in [4.69, 9.17) is 0 Å². The molecule has 1 aromatic carbocycles. The zero-order chi connectivity index (χ0) is 15.7. The fourth-order valence-corrected chi connectivity index (χ4v) is 2.99. The summed E-state index contributed by atoms with van der Waals surface area (Å²) in [5.41, 5.74) is 0.932. The van der Waals surface area contributed by atoms with E-state index in [1.54, 1.807) is 19.1 Å². The van der Waals surface area contributed by atoms with Gasteiger partial charge in [0.05, 0.1) is 5.69 Å². The second-order valence-corrected chi connectivity index (χ2v) is 6.08. The maximum atomic E-state index is 14.0. The van der Waals surface area contributed by atoms with Crippen molar-refractivity contribution in [2.24, 2.45) is 0 Å². The highest BCUT2D eigenvalue weighted by Gasteiger charge is 2.28. The Kier molecular flexibility index (Phi) is 3.84. The van der Waals surface area contributed by atoms with Gasteiger partial charge in [0.15, 0.2) is 0 Å². The van der Waals surface area contributed by atoms with E-state index in [9.17, 15) is 14.0 Å². The lowest BCUT2D eigenvalue weighted by Crippen LogP contribution is -2.41. The Morgan fingerprint density at radius 1 is 1.41 bits per heavy atom. The molecule has 6 nitrogen and oxygen atoms in total. The molecule has 2 heterocycles. The minimum atomic E-state index is -0.495. The van der Waals surface area contributed by atoms with Gasteiger partial charge < -0.3 is 0 Å².